The first-order valence-corrected chi connectivity index (χ1v) is 8.16. The Hall–Kier alpha value is -2.40. The molecule has 1 atom stereocenters. The largest absolute Gasteiger partial charge is 0.508 e. The molecule has 1 unspecified atom stereocenters. The minimum atomic E-state index is 0.0168. The lowest BCUT2D eigenvalue weighted by Gasteiger charge is -2.13. The Bertz CT molecular complexity index is 645. The molecule has 0 aliphatic rings. The van der Waals surface area contributed by atoms with E-state index in [0.717, 1.165) is 29.7 Å². The molecule has 0 radical (unpaired) electrons. The number of aromatic hydroxyl groups is 1. The number of hydrogen-bond acceptors (Lipinski definition) is 2. The van der Waals surface area contributed by atoms with Crippen LogP contribution in [0.25, 0.3) is 0 Å². The molecule has 2 rings (SSSR count). The van der Waals surface area contributed by atoms with Crippen molar-refractivity contribution < 1.29 is 9.84 Å². The molecule has 23 heavy (non-hydrogen) atoms. The molecular formula is C21H24O2. The Balaban J connectivity index is 2.24. The smallest absolute Gasteiger partial charge is 0.118 e. The number of phenolic OH excluding ortho intramolecular Hbond substituents is 1. The molecule has 0 aliphatic heterocycles. The molecule has 2 heteroatoms. The molecule has 0 fully saturated rings. The van der Waals surface area contributed by atoms with Gasteiger partial charge in [0.1, 0.15) is 11.5 Å². The quantitative estimate of drug-likeness (QED) is 0.593. The summed E-state index contributed by atoms with van der Waals surface area (Å²) in [5.74, 6) is 7.85. The van der Waals surface area contributed by atoms with Crippen molar-refractivity contribution in [3.63, 3.8) is 0 Å². The molecule has 2 aromatic carbocycles. The van der Waals surface area contributed by atoms with E-state index in [-0.39, 0.29) is 11.7 Å². The topological polar surface area (TPSA) is 29.5 Å². The second-order valence-electron chi connectivity index (χ2n) is 5.58. The van der Waals surface area contributed by atoms with E-state index in [9.17, 15) is 5.11 Å². The zero-order chi connectivity index (χ0) is 16.5. The predicted octanol–water partition coefficient (Wildman–Crippen LogP) is 5.12. The standard InChI is InChI=1S/C21H24O2/c1-3-4-5-6-7-8-21(17-9-13-19(22)14-10-17)18-11-15-20(23-2)16-12-18/h9-16,21-22H,3-6H2,1-2H3. The maximum atomic E-state index is 9.50. The summed E-state index contributed by atoms with van der Waals surface area (Å²) >= 11 is 0. The first kappa shape index (κ1) is 17.0. The van der Waals surface area contributed by atoms with Crippen LogP contribution in [0.1, 0.15) is 49.7 Å². The summed E-state index contributed by atoms with van der Waals surface area (Å²) in [5.41, 5.74) is 2.23. The lowest BCUT2D eigenvalue weighted by atomic mass is 9.91. The highest BCUT2D eigenvalue weighted by Gasteiger charge is 2.11. The van der Waals surface area contributed by atoms with Crippen LogP contribution in [-0.4, -0.2) is 12.2 Å². The molecule has 0 heterocycles. The molecule has 0 saturated carbocycles. The van der Waals surface area contributed by atoms with Crippen LogP contribution in [0.2, 0.25) is 0 Å². The number of rotatable bonds is 6. The van der Waals surface area contributed by atoms with Crippen LogP contribution in [0, 0.1) is 11.8 Å². The minimum Gasteiger partial charge on any atom is -0.508 e. The second-order valence-corrected chi connectivity index (χ2v) is 5.58. The molecule has 0 aromatic heterocycles. The Morgan fingerprint density at radius 2 is 1.57 bits per heavy atom. The van der Waals surface area contributed by atoms with Gasteiger partial charge in [-0.25, -0.2) is 0 Å². The van der Waals surface area contributed by atoms with Crippen LogP contribution < -0.4 is 4.74 Å². The number of methoxy groups -OCH3 is 1. The number of phenols is 1. The molecule has 0 amide bonds. The molecule has 2 aromatic rings. The minimum absolute atomic E-state index is 0.0168. The average Bonchev–Trinajstić information content (AvgIpc) is 2.59. The first-order chi connectivity index (χ1) is 11.2. The van der Waals surface area contributed by atoms with Gasteiger partial charge in [-0.1, -0.05) is 50.0 Å². The lowest BCUT2D eigenvalue weighted by molar-refractivity contribution is 0.414. The fraction of sp³-hybridized carbons (Fsp3) is 0.333. The van der Waals surface area contributed by atoms with Crippen LogP contribution >= 0.6 is 0 Å². The molecule has 0 aliphatic carbocycles. The number of benzene rings is 2. The second kappa shape index (κ2) is 8.90. The Morgan fingerprint density at radius 3 is 2.13 bits per heavy atom. The third-order valence-electron chi connectivity index (χ3n) is 3.83. The highest BCUT2D eigenvalue weighted by Crippen LogP contribution is 2.27. The van der Waals surface area contributed by atoms with Gasteiger partial charge in [0, 0.05) is 6.42 Å². The third-order valence-corrected chi connectivity index (χ3v) is 3.83. The molecule has 2 nitrogen and oxygen atoms in total. The summed E-state index contributed by atoms with van der Waals surface area (Å²) in [6.07, 6.45) is 4.51. The zero-order valence-corrected chi connectivity index (χ0v) is 13.9. The van der Waals surface area contributed by atoms with E-state index in [0.29, 0.717) is 0 Å². The van der Waals surface area contributed by atoms with Gasteiger partial charge in [0.05, 0.1) is 13.0 Å². The van der Waals surface area contributed by atoms with Crippen LogP contribution in [0.3, 0.4) is 0 Å². The van der Waals surface area contributed by atoms with Gasteiger partial charge >= 0.3 is 0 Å². The highest BCUT2D eigenvalue weighted by molar-refractivity contribution is 5.43. The van der Waals surface area contributed by atoms with Crippen LogP contribution in [-0.2, 0) is 0 Å². The Morgan fingerprint density at radius 1 is 0.957 bits per heavy atom. The van der Waals surface area contributed by atoms with Crippen molar-refractivity contribution in [2.75, 3.05) is 7.11 Å². The third kappa shape index (κ3) is 5.07. The normalized spacial score (nSPS) is 11.4. The van der Waals surface area contributed by atoms with Crippen molar-refractivity contribution in [3.8, 4) is 23.3 Å². The Kier molecular flexibility index (Phi) is 6.56. The molecule has 1 N–H and O–H groups in total. The summed E-state index contributed by atoms with van der Waals surface area (Å²) in [4.78, 5) is 0. The summed E-state index contributed by atoms with van der Waals surface area (Å²) in [6, 6.07) is 15.3. The van der Waals surface area contributed by atoms with Crippen molar-refractivity contribution in [1.82, 2.24) is 0 Å². The van der Waals surface area contributed by atoms with E-state index in [4.69, 9.17) is 4.74 Å². The monoisotopic (exact) mass is 308 g/mol. The van der Waals surface area contributed by atoms with E-state index in [2.05, 4.69) is 30.9 Å². The van der Waals surface area contributed by atoms with Gasteiger partial charge < -0.3 is 9.84 Å². The van der Waals surface area contributed by atoms with Gasteiger partial charge in [-0.2, -0.15) is 0 Å². The maximum Gasteiger partial charge on any atom is 0.118 e. The average molecular weight is 308 g/mol. The molecule has 120 valence electrons. The van der Waals surface area contributed by atoms with Crippen molar-refractivity contribution in [1.29, 1.82) is 0 Å². The number of hydrogen-bond donors (Lipinski definition) is 1. The maximum absolute atomic E-state index is 9.50. The van der Waals surface area contributed by atoms with Gasteiger partial charge in [0.2, 0.25) is 0 Å². The molecule has 0 spiro atoms. The van der Waals surface area contributed by atoms with Gasteiger partial charge in [-0.15, -0.1) is 5.92 Å². The summed E-state index contributed by atoms with van der Waals surface area (Å²) in [7, 11) is 1.67. The molecule has 0 saturated heterocycles. The van der Waals surface area contributed by atoms with Crippen molar-refractivity contribution in [3.05, 3.63) is 59.7 Å². The van der Waals surface area contributed by atoms with Gasteiger partial charge in [-0.05, 0) is 41.8 Å². The van der Waals surface area contributed by atoms with Gasteiger partial charge in [0.25, 0.3) is 0 Å². The molecular weight excluding hydrogens is 284 g/mol. The van der Waals surface area contributed by atoms with Crippen LogP contribution in [0.4, 0.5) is 0 Å². The van der Waals surface area contributed by atoms with Crippen molar-refractivity contribution in [2.24, 2.45) is 0 Å². The van der Waals surface area contributed by atoms with Gasteiger partial charge in [-0.3, -0.25) is 0 Å². The van der Waals surface area contributed by atoms with Gasteiger partial charge in [0.15, 0.2) is 0 Å². The van der Waals surface area contributed by atoms with E-state index in [1.807, 2.05) is 24.3 Å². The van der Waals surface area contributed by atoms with Crippen LogP contribution in [0.15, 0.2) is 48.5 Å². The number of ether oxygens (including phenoxy) is 1. The summed E-state index contributed by atoms with van der Waals surface area (Å²) < 4.78 is 5.23. The van der Waals surface area contributed by atoms with E-state index in [1.165, 1.54) is 12.8 Å². The summed E-state index contributed by atoms with van der Waals surface area (Å²) in [6.45, 7) is 2.20. The fourth-order valence-electron chi connectivity index (χ4n) is 2.46. The van der Waals surface area contributed by atoms with E-state index in [1.54, 1.807) is 19.2 Å². The van der Waals surface area contributed by atoms with Crippen molar-refractivity contribution in [2.45, 2.75) is 38.5 Å². The zero-order valence-electron chi connectivity index (χ0n) is 13.9. The first-order valence-electron chi connectivity index (χ1n) is 8.16. The summed E-state index contributed by atoms with van der Waals surface area (Å²) in [5, 5.41) is 9.50. The SMILES string of the molecule is CCCCCC#CC(c1ccc(O)cc1)c1ccc(OC)cc1. The predicted molar refractivity (Wildman–Crippen MR) is 94.9 cm³/mol. The van der Waals surface area contributed by atoms with E-state index >= 15 is 0 Å². The lowest BCUT2D eigenvalue weighted by Crippen LogP contribution is -1.98. The van der Waals surface area contributed by atoms with E-state index < -0.39 is 0 Å². The fourth-order valence-corrected chi connectivity index (χ4v) is 2.46. The molecule has 0 bridgehead atoms. The van der Waals surface area contributed by atoms with Crippen molar-refractivity contribution >= 4 is 0 Å². The van der Waals surface area contributed by atoms with Crippen LogP contribution in [0.5, 0.6) is 11.5 Å². The number of unbranched alkanes of at least 4 members (excludes halogenated alkanes) is 3. The highest BCUT2D eigenvalue weighted by atomic mass is 16.5. The Labute approximate surface area is 139 Å².